The van der Waals surface area contributed by atoms with Crippen molar-refractivity contribution < 1.29 is 14.7 Å². The van der Waals surface area contributed by atoms with E-state index in [4.69, 9.17) is 5.11 Å². The fraction of sp³-hybridized carbons (Fsp3) is 0.857. The van der Waals surface area contributed by atoms with Crippen molar-refractivity contribution in [3.8, 4) is 0 Å². The van der Waals surface area contributed by atoms with Crippen molar-refractivity contribution in [1.82, 2.24) is 19.6 Å². The van der Waals surface area contributed by atoms with Gasteiger partial charge in [0, 0.05) is 52.9 Å². The van der Waals surface area contributed by atoms with Crippen LogP contribution >= 0.6 is 0 Å². The van der Waals surface area contributed by atoms with Crippen LogP contribution in [0.15, 0.2) is 0 Å². The number of aliphatic hydroxyl groups excluding tert-OH is 1. The lowest BCUT2D eigenvalue weighted by molar-refractivity contribution is -0.133. The highest BCUT2D eigenvalue weighted by Crippen LogP contribution is 2.08. The highest BCUT2D eigenvalue weighted by Gasteiger charge is 2.29. The van der Waals surface area contributed by atoms with Crippen molar-refractivity contribution >= 4 is 11.9 Å². The van der Waals surface area contributed by atoms with Crippen molar-refractivity contribution in [2.24, 2.45) is 0 Å². The van der Waals surface area contributed by atoms with Gasteiger partial charge in [-0.1, -0.05) is 0 Å². The van der Waals surface area contributed by atoms with Crippen LogP contribution in [0.2, 0.25) is 0 Å². The molecular weight excluding hydrogens is 272 g/mol. The second-order valence-electron chi connectivity index (χ2n) is 5.78. The summed E-state index contributed by atoms with van der Waals surface area (Å²) in [5, 5.41) is 8.78. The van der Waals surface area contributed by atoms with Gasteiger partial charge in [-0.2, -0.15) is 0 Å². The maximum Gasteiger partial charge on any atom is 0.320 e. The van der Waals surface area contributed by atoms with Crippen LogP contribution in [0.5, 0.6) is 0 Å². The average Bonchev–Trinajstić information content (AvgIpc) is 2.80. The lowest BCUT2D eigenvalue weighted by Gasteiger charge is -2.35. The Labute approximate surface area is 126 Å². The van der Waals surface area contributed by atoms with Crippen LogP contribution in [-0.4, -0.2) is 103 Å². The Hall–Kier alpha value is -1.34. The number of carbonyl (C=O) groups is 2. The molecule has 0 unspecified atom stereocenters. The minimum atomic E-state index is -0.0500. The Bertz CT molecular complexity index is 369. The largest absolute Gasteiger partial charge is 0.396 e. The van der Waals surface area contributed by atoms with E-state index in [1.807, 2.05) is 4.90 Å². The SMILES string of the molecule is CN1CCN(CC(=O)N2CCN(CCCCO)CC2)C1=O. The predicted molar refractivity (Wildman–Crippen MR) is 78.9 cm³/mol. The Morgan fingerprint density at radius 1 is 1.10 bits per heavy atom. The van der Waals surface area contributed by atoms with Crippen molar-refractivity contribution in [2.45, 2.75) is 12.8 Å². The molecule has 0 bridgehead atoms. The van der Waals surface area contributed by atoms with Gasteiger partial charge < -0.3 is 19.8 Å². The van der Waals surface area contributed by atoms with Gasteiger partial charge in [-0.15, -0.1) is 0 Å². The van der Waals surface area contributed by atoms with Crippen LogP contribution in [0.3, 0.4) is 0 Å². The van der Waals surface area contributed by atoms with Crippen molar-refractivity contribution in [2.75, 3.05) is 66.0 Å². The van der Waals surface area contributed by atoms with Gasteiger partial charge in [-0.25, -0.2) is 4.79 Å². The first-order valence-corrected chi connectivity index (χ1v) is 7.73. The number of piperazine rings is 1. The molecule has 1 N–H and O–H groups in total. The van der Waals surface area contributed by atoms with E-state index in [1.165, 1.54) is 0 Å². The highest BCUT2D eigenvalue weighted by atomic mass is 16.3. The molecule has 2 aliphatic rings. The van der Waals surface area contributed by atoms with Crippen LogP contribution < -0.4 is 0 Å². The summed E-state index contributed by atoms with van der Waals surface area (Å²) in [6.45, 7) is 6.00. The molecule has 0 saturated carbocycles. The first kappa shape index (κ1) is 16.0. The molecule has 0 aromatic rings. The lowest BCUT2D eigenvalue weighted by Crippen LogP contribution is -2.51. The number of amides is 3. The number of hydrogen-bond acceptors (Lipinski definition) is 4. The number of unbranched alkanes of at least 4 members (excludes halogenated alkanes) is 1. The maximum atomic E-state index is 12.2. The fourth-order valence-corrected chi connectivity index (χ4v) is 2.78. The van der Waals surface area contributed by atoms with Gasteiger partial charge in [-0.05, 0) is 19.4 Å². The molecule has 0 atom stereocenters. The molecule has 0 aromatic heterocycles. The summed E-state index contributed by atoms with van der Waals surface area (Å²) < 4.78 is 0. The molecule has 2 fully saturated rings. The summed E-state index contributed by atoms with van der Waals surface area (Å²) in [6.07, 6.45) is 1.84. The number of rotatable bonds is 6. The number of carbonyl (C=O) groups excluding carboxylic acids is 2. The van der Waals surface area contributed by atoms with E-state index in [1.54, 1.807) is 16.8 Å². The zero-order chi connectivity index (χ0) is 15.2. The Kier molecular flexibility index (Phi) is 5.81. The maximum absolute atomic E-state index is 12.2. The second kappa shape index (κ2) is 7.61. The highest BCUT2D eigenvalue weighted by molar-refractivity contribution is 5.85. The van der Waals surface area contributed by atoms with Gasteiger partial charge >= 0.3 is 6.03 Å². The molecule has 2 heterocycles. The Morgan fingerprint density at radius 3 is 2.38 bits per heavy atom. The van der Waals surface area contributed by atoms with E-state index in [2.05, 4.69) is 4.90 Å². The Balaban J connectivity index is 1.69. The van der Waals surface area contributed by atoms with E-state index in [-0.39, 0.29) is 25.1 Å². The quantitative estimate of drug-likeness (QED) is 0.657. The first-order valence-electron chi connectivity index (χ1n) is 7.73. The van der Waals surface area contributed by atoms with Gasteiger partial charge in [0.05, 0.1) is 0 Å². The summed E-state index contributed by atoms with van der Waals surface area (Å²) in [7, 11) is 1.76. The fourth-order valence-electron chi connectivity index (χ4n) is 2.78. The zero-order valence-corrected chi connectivity index (χ0v) is 12.8. The smallest absolute Gasteiger partial charge is 0.320 e. The summed E-state index contributed by atoms with van der Waals surface area (Å²) in [5.74, 6) is 0.0497. The third kappa shape index (κ3) is 4.31. The third-order valence-electron chi connectivity index (χ3n) is 4.24. The van der Waals surface area contributed by atoms with Crippen LogP contribution in [0.25, 0.3) is 0 Å². The molecule has 2 rings (SSSR count). The molecule has 3 amide bonds. The van der Waals surface area contributed by atoms with Crippen LogP contribution in [0, 0.1) is 0 Å². The van der Waals surface area contributed by atoms with Crippen LogP contribution in [0.1, 0.15) is 12.8 Å². The molecule has 21 heavy (non-hydrogen) atoms. The summed E-state index contributed by atoms with van der Waals surface area (Å²) in [4.78, 5) is 31.5. The van der Waals surface area contributed by atoms with E-state index in [9.17, 15) is 9.59 Å². The summed E-state index contributed by atoms with van der Waals surface area (Å²) in [6, 6.07) is -0.0500. The van der Waals surface area contributed by atoms with E-state index < -0.39 is 0 Å². The first-order chi connectivity index (χ1) is 10.1. The average molecular weight is 298 g/mol. The molecule has 7 nitrogen and oxygen atoms in total. The topological polar surface area (TPSA) is 67.3 Å². The molecular formula is C14H26N4O3. The number of likely N-dealkylation sites (N-methyl/N-ethyl adjacent to an activating group) is 1. The number of hydrogen-bond donors (Lipinski definition) is 1. The van der Waals surface area contributed by atoms with Gasteiger partial charge in [0.2, 0.25) is 5.91 Å². The summed E-state index contributed by atoms with van der Waals surface area (Å²) >= 11 is 0. The zero-order valence-electron chi connectivity index (χ0n) is 12.8. The van der Waals surface area contributed by atoms with Crippen molar-refractivity contribution in [3.63, 3.8) is 0 Å². The molecule has 0 spiro atoms. The number of aliphatic hydroxyl groups is 1. The molecule has 0 aliphatic carbocycles. The van der Waals surface area contributed by atoms with E-state index >= 15 is 0 Å². The van der Waals surface area contributed by atoms with E-state index in [0.717, 1.165) is 45.6 Å². The predicted octanol–water partition coefficient (Wildman–Crippen LogP) is -0.729. The molecule has 0 radical (unpaired) electrons. The standard InChI is InChI=1S/C14H26N4O3/c1-15-5-8-18(14(15)21)12-13(20)17-9-6-16(7-10-17)4-2-3-11-19/h19H,2-12H2,1H3. The van der Waals surface area contributed by atoms with E-state index in [0.29, 0.717) is 13.1 Å². The van der Waals surface area contributed by atoms with Crippen molar-refractivity contribution in [3.05, 3.63) is 0 Å². The molecule has 2 aliphatic heterocycles. The van der Waals surface area contributed by atoms with Gasteiger partial charge in [0.1, 0.15) is 6.54 Å². The monoisotopic (exact) mass is 298 g/mol. The second-order valence-corrected chi connectivity index (χ2v) is 5.78. The minimum absolute atomic E-state index is 0.0497. The minimum Gasteiger partial charge on any atom is -0.396 e. The Morgan fingerprint density at radius 2 is 1.81 bits per heavy atom. The number of nitrogens with zero attached hydrogens (tertiary/aromatic N) is 4. The molecule has 120 valence electrons. The number of urea groups is 1. The summed E-state index contributed by atoms with van der Waals surface area (Å²) in [5.41, 5.74) is 0. The van der Waals surface area contributed by atoms with Gasteiger partial charge in [-0.3, -0.25) is 9.69 Å². The van der Waals surface area contributed by atoms with Gasteiger partial charge in [0.15, 0.2) is 0 Å². The van der Waals surface area contributed by atoms with Gasteiger partial charge in [0.25, 0.3) is 0 Å². The normalized spacial score (nSPS) is 20.5. The van der Waals surface area contributed by atoms with Crippen molar-refractivity contribution in [1.29, 1.82) is 0 Å². The third-order valence-corrected chi connectivity index (χ3v) is 4.24. The lowest BCUT2D eigenvalue weighted by atomic mass is 10.2. The molecule has 2 saturated heterocycles. The van der Waals surface area contributed by atoms with Crippen LogP contribution in [0.4, 0.5) is 4.79 Å². The van der Waals surface area contributed by atoms with Crippen LogP contribution in [-0.2, 0) is 4.79 Å². The molecule has 7 heteroatoms. The molecule has 0 aromatic carbocycles.